The smallest absolute Gasteiger partial charge is 0.335 e. The van der Waals surface area contributed by atoms with Crippen molar-refractivity contribution in [1.82, 2.24) is 34.4 Å². The molecule has 18 heteroatoms. The SMILES string of the molecule is CCc1ncc(-c2ccc(S(=O)(=O)Nc3cc(F)c(C(=O)N[C@@H](Cc4ccc(-n5c(=O)c6ccncc6n(C)c5=O)cn4)C(=O)O)cc3F)cc2)cn1. The van der Waals surface area contributed by atoms with Crippen LogP contribution in [0.15, 0.2) is 100 Å². The van der Waals surface area contributed by atoms with Crippen LogP contribution in [0.3, 0.4) is 0 Å². The number of carboxylic acid groups (broad SMARTS) is 1. The largest absolute Gasteiger partial charge is 0.480 e. The van der Waals surface area contributed by atoms with Crippen molar-refractivity contribution in [2.75, 3.05) is 4.72 Å². The summed E-state index contributed by atoms with van der Waals surface area (Å²) in [4.78, 5) is 67.2. The van der Waals surface area contributed by atoms with Gasteiger partial charge in [0, 0.05) is 55.8 Å². The van der Waals surface area contributed by atoms with Gasteiger partial charge in [-0.2, -0.15) is 0 Å². The van der Waals surface area contributed by atoms with Crippen LogP contribution in [0.2, 0.25) is 0 Å². The molecule has 6 rings (SSSR count). The van der Waals surface area contributed by atoms with Crippen LogP contribution in [0.4, 0.5) is 14.5 Å². The number of nitrogens with one attached hydrogen (secondary N) is 2. The molecule has 0 aliphatic carbocycles. The van der Waals surface area contributed by atoms with Gasteiger partial charge in [-0.1, -0.05) is 19.1 Å². The standard InChI is InChI=1S/C35H28F2N8O7S/c1-3-31-40-15-20(16-41-31)19-4-8-23(9-5-19)53(51,52)43-28-14-26(36)25(13-27(28)37)32(46)42-29(34(48)49)12-21-6-7-22(17-39-21)45-33(47)24-10-11-38-18-30(24)44(2)35(45)50/h4-11,13-18,29,43H,3,12H2,1-2H3,(H,42,46)(H,48,49)/t29-/m0/s1. The number of aromatic nitrogens is 6. The Morgan fingerprint density at radius 2 is 1.62 bits per heavy atom. The number of carboxylic acids is 1. The van der Waals surface area contributed by atoms with E-state index in [1.54, 1.807) is 12.4 Å². The number of carbonyl (C=O) groups excluding carboxylic acids is 1. The molecule has 0 aliphatic heterocycles. The third kappa shape index (κ3) is 7.38. The lowest BCUT2D eigenvalue weighted by molar-refractivity contribution is -0.139. The van der Waals surface area contributed by atoms with Gasteiger partial charge in [-0.3, -0.25) is 28.8 Å². The fourth-order valence-corrected chi connectivity index (χ4v) is 6.41. The van der Waals surface area contributed by atoms with Crippen molar-refractivity contribution in [2.24, 2.45) is 7.05 Å². The maximum absolute atomic E-state index is 15.1. The molecule has 0 radical (unpaired) electrons. The average molecular weight is 743 g/mol. The first kappa shape index (κ1) is 36.1. The molecule has 0 bridgehead atoms. The Labute approximate surface area is 298 Å². The predicted octanol–water partition coefficient (Wildman–Crippen LogP) is 3.00. The van der Waals surface area contributed by atoms with Crippen LogP contribution in [0.25, 0.3) is 27.7 Å². The number of pyridine rings is 2. The van der Waals surface area contributed by atoms with Gasteiger partial charge in [0.1, 0.15) is 23.5 Å². The van der Waals surface area contributed by atoms with Crippen molar-refractivity contribution < 1.29 is 31.9 Å². The van der Waals surface area contributed by atoms with Crippen LogP contribution in [0.5, 0.6) is 0 Å². The van der Waals surface area contributed by atoms with E-state index in [0.29, 0.717) is 41.0 Å². The van der Waals surface area contributed by atoms with Crippen molar-refractivity contribution in [1.29, 1.82) is 0 Å². The van der Waals surface area contributed by atoms with E-state index in [4.69, 9.17) is 0 Å². The lowest BCUT2D eigenvalue weighted by Gasteiger charge is -2.16. The minimum Gasteiger partial charge on any atom is -0.480 e. The third-order valence-corrected chi connectivity index (χ3v) is 9.60. The molecule has 270 valence electrons. The number of aryl methyl sites for hydroxylation is 2. The minimum atomic E-state index is -4.41. The predicted molar refractivity (Wildman–Crippen MR) is 187 cm³/mol. The van der Waals surface area contributed by atoms with Gasteiger partial charge in [0.05, 0.1) is 45.1 Å². The Balaban J connectivity index is 1.15. The van der Waals surface area contributed by atoms with E-state index in [0.717, 1.165) is 4.57 Å². The molecular weight excluding hydrogens is 714 g/mol. The van der Waals surface area contributed by atoms with E-state index in [1.807, 2.05) is 11.6 Å². The first-order chi connectivity index (χ1) is 25.3. The monoisotopic (exact) mass is 742 g/mol. The van der Waals surface area contributed by atoms with E-state index in [2.05, 4.69) is 25.3 Å². The molecule has 2 aromatic carbocycles. The number of carbonyl (C=O) groups is 2. The van der Waals surface area contributed by atoms with Crippen LogP contribution >= 0.6 is 0 Å². The molecule has 15 nitrogen and oxygen atoms in total. The van der Waals surface area contributed by atoms with E-state index in [-0.39, 0.29) is 21.7 Å². The minimum absolute atomic E-state index is 0.0898. The number of anilines is 1. The molecule has 0 fully saturated rings. The van der Waals surface area contributed by atoms with Crippen LogP contribution in [0.1, 0.15) is 28.8 Å². The van der Waals surface area contributed by atoms with Crippen LogP contribution in [-0.2, 0) is 34.7 Å². The van der Waals surface area contributed by atoms with Gasteiger partial charge >= 0.3 is 11.7 Å². The van der Waals surface area contributed by atoms with Gasteiger partial charge in [-0.25, -0.2) is 41.3 Å². The van der Waals surface area contributed by atoms with Gasteiger partial charge in [-0.15, -0.1) is 0 Å². The van der Waals surface area contributed by atoms with Gasteiger partial charge in [0.25, 0.3) is 21.5 Å². The maximum Gasteiger partial charge on any atom is 0.335 e. The molecule has 0 saturated carbocycles. The zero-order valence-electron chi connectivity index (χ0n) is 27.8. The summed E-state index contributed by atoms with van der Waals surface area (Å²) < 4.78 is 60.3. The number of hydrogen-bond acceptors (Lipinski definition) is 10. The van der Waals surface area contributed by atoms with Gasteiger partial charge < -0.3 is 10.4 Å². The summed E-state index contributed by atoms with van der Waals surface area (Å²) in [6.45, 7) is 1.90. The maximum atomic E-state index is 15.1. The zero-order valence-corrected chi connectivity index (χ0v) is 28.6. The molecule has 0 unspecified atom stereocenters. The molecule has 4 heterocycles. The number of amides is 1. The second-order valence-corrected chi connectivity index (χ2v) is 13.3. The fourth-order valence-electron chi connectivity index (χ4n) is 5.35. The first-order valence-corrected chi connectivity index (χ1v) is 17.2. The van der Waals surface area contributed by atoms with Crippen LogP contribution in [0, 0.1) is 11.6 Å². The van der Waals surface area contributed by atoms with Crippen molar-refractivity contribution in [2.45, 2.75) is 30.7 Å². The molecule has 0 aliphatic rings. The van der Waals surface area contributed by atoms with E-state index in [9.17, 15) is 32.7 Å². The van der Waals surface area contributed by atoms with E-state index >= 15 is 8.78 Å². The van der Waals surface area contributed by atoms with Gasteiger partial charge in [0.15, 0.2) is 0 Å². The Morgan fingerprint density at radius 3 is 2.26 bits per heavy atom. The highest BCUT2D eigenvalue weighted by Crippen LogP contribution is 2.25. The number of hydrogen-bond donors (Lipinski definition) is 3. The van der Waals surface area contributed by atoms with E-state index < -0.39 is 68.5 Å². The van der Waals surface area contributed by atoms with Crippen molar-refractivity contribution in [3.8, 4) is 16.8 Å². The molecular formula is C35H28F2N8O7S. The quantitative estimate of drug-likeness (QED) is 0.176. The fraction of sp³-hybridized carbons (Fsp3) is 0.143. The molecule has 1 amide bonds. The highest BCUT2D eigenvalue weighted by Gasteiger charge is 2.26. The number of fused-ring (bicyclic) bond motifs is 1. The summed E-state index contributed by atoms with van der Waals surface area (Å²) in [6.07, 6.45) is 7.37. The third-order valence-electron chi connectivity index (χ3n) is 8.22. The van der Waals surface area contributed by atoms with Crippen molar-refractivity contribution in [3.05, 3.63) is 135 Å². The Bertz CT molecular complexity index is 2620. The molecule has 53 heavy (non-hydrogen) atoms. The van der Waals surface area contributed by atoms with Crippen LogP contribution < -0.4 is 21.3 Å². The number of sulfonamides is 1. The molecule has 1 atom stereocenters. The lowest BCUT2D eigenvalue weighted by atomic mass is 10.1. The van der Waals surface area contributed by atoms with Crippen LogP contribution in [-0.4, -0.2) is 60.5 Å². The number of benzene rings is 2. The van der Waals surface area contributed by atoms with Crippen molar-refractivity contribution >= 4 is 38.5 Å². The number of rotatable bonds is 11. The lowest BCUT2D eigenvalue weighted by Crippen LogP contribution is -2.42. The Hall–Kier alpha value is -6.69. The average Bonchev–Trinajstić information content (AvgIpc) is 3.15. The summed E-state index contributed by atoms with van der Waals surface area (Å²) in [6, 6.07) is 8.91. The number of halogens is 2. The highest BCUT2D eigenvalue weighted by molar-refractivity contribution is 7.92. The molecule has 0 spiro atoms. The second-order valence-electron chi connectivity index (χ2n) is 11.6. The summed E-state index contributed by atoms with van der Waals surface area (Å²) in [5.74, 6) is -4.83. The molecule has 3 N–H and O–H groups in total. The molecule has 0 saturated heterocycles. The summed E-state index contributed by atoms with van der Waals surface area (Å²) in [7, 11) is -2.94. The van der Waals surface area contributed by atoms with Gasteiger partial charge in [0.2, 0.25) is 0 Å². The van der Waals surface area contributed by atoms with Crippen molar-refractivity contribution in [3.63, 3.8) is 0 Å². The normalized spacial score (nSPS) is 12.0. The van der Waals surface area contributed by atoms with Gasteiger partial charge in [-0.05, 0) is 42.0 Å². The molecule has 6 aromatic rings. The summed E-state index contributed by atoms with van der Waals surface area (Å²) >= 11 is 0. The summed E-state index contributed by atoms with van der Waals surface area (Å²) in [5.41, 5.74) is -1.19. The number of nitrogens with zero attached hydrogens (tertiary/aromatic N) is 6. The topological polar surface area (TPSA) is 208 Å². The number of aliphatic carboxylic acids is 1. The summed E-state index contributed by atoms with van der Waals surface area (Å²) in [5, 5.41) is 12.1. The Morgan fingerprint density at radius 1 is 0.906 bits per heavy atom. The Kier molecular flexibility index (Phi) is 9.88. The molecule has 4 aromatic heterocycles. The highest BCUT2D eigenvalue weighted by atomic mass is 32.2. The zero-order chi connectivity index (χ0) is 38.0. The van der Waals surface area contributed by atoms with E-state index in [1.165, 1.54) is 72.7 Å². The second kappa shape index (κ2) is 14.5. The first-order valence-electron chi connectivity index (χ1n) is 15.7.